The van der Waals surface area contributed by atoms with Crippen molar-refractivity contribution in [2.24, 2.45) is 0 Å². The molecule has 1 aromatic carbocycles. The maximum Gasteiger partial charge on any atom is 0.253 e. The smallest absolute Gasteiger partial charge is 0.253 e. The van der Waals surface area contributed by atoms with Gasteiger partial charge in [0.1, 0.15) is 0 Å². The molecule has 1 heterocycles. The molecule has 2 aromatic rings. The summed E-state index contributed by atoms with van der Waals surface area (Å²) in [4.78, 5) is 18.3. The third kappa shape index (κ3) is 4.16. The number of hydrogen-bond donors (Lipinski definition) is 0. The molecule has 0 saturated heterocycles. The molecular weight excluding hydrogens is 274 g/mol. The SMILES string of the molecule is CCN(CCc1ccncc1)C(=O)c1ccc(CC#N)cc1. The Kier molecular flexibility index (Phi) is 5.67. The van der Waals surface area contributed by atoms with E-state index < -0.39 is 0 Å². The van der Waals surface area contributed by atoms with Crippen molar-refractivity contribution in [2.75, 3.05) is 13.1 Å². The van der Waals surface area contributed by atoms with Gasteiger partial charge < -0.3 is 4.90 Å². The van der Waals surface area contributed by atoms with E-state index in [1.165, 1.54) is 5.56 Å². The number of rotatable bonds is 6. The molecule has 0 saturated carbocycles. The van der Waals surface area contributed by atoms with Gasteiger partial charge in [-0.25, -0.2) is 0 Å². The Morgan fingerprint density at radius 3 is 2.41 bits per heavy atom. The first-order valence-electron chi connectivity index (χ1n) is 7.38. The largest absolute Gasteiger partial charge is 0.339 e. The number of nitriles is 1. The van der Waals surface area contributed by atoms with Gasteiger partial charge in [-0.2, -0.15) is 5.26 Å². The van der Waals surface area contributed by atoms with E-state index in [0.717, 1.165) is 12.0 Å². The number of amides is 1. The Balaban J connectivity index is 2.00. The van der Waals surface area contributed by atoms with E-state index in [1.54, 1.807) is 24.5 Å². The van der Waals surface area contributed by atoms with E-state index in [9.17, 15) is 4.79 Å². The predicted molar refractivity (Wildman–Crippen MR) is 85.3 cm³/mol. The highest BCUT2D eigenvalue weighted by atomic mass is 16.2. The summed E-state index contributed by atoms with van der Waals surface area (Å²) in [6.07, 6.45) is 4.71. The molecule has 0 bridgehead atoms. The molecule has 0 aliphatic carbocycles. The lowest BCUT2D eigenvalue weighted by Gasteiger charge is -2.21. The zero-order valence-corrected chi connectivity index (χ0v) is 12.7. The van der Waals surface area contributed by atoms with Gasteiger partial charge in [0.2, 0.25) is 0 Å². The number of nitrogens with zero attached hydrogens (tertiary/aromatic N) is 3. The van der Waals surface area contributed by atoms with E-state index in [-0.39, 0.29) is 5.91 Å². The van der Waals surface area contributed by atoms with Crippen LogP contribution in [0.2, 0.25) is 0 Å². The molecule has 22 heavy (non-hydrogen) atoms. The molecule has 2 rings (SSSR count). The first-order valence-corrected chi connectivity index (χ1v) is 7.38. The van der Waals surface area contributed by atoms with Crippen LogP contribution in [-0.2, 0) is 12.8 Å². The summed E-state index contributed by atoms with van der Waals surface area (Å²) in [7, 11) is 0. The second-order valence-corrected chi connectivity index (χ2v) is 5.02. The minimum absolute atomic E-state index is 0.0278. The Morgan fingerprint density at radius 2 is 1.82 bits per heavy atom. The summed E-state index contributed by atoms with van der Waals surface area (Å²) in [5.74, 6) is 0.0278. The third-order valence-corrected chi connectivity index (χ3v) is 3.57. The first-order chi connectivity index (χ1) is 10.7. The summed E-state index contributed by atoms with van der Waals surface area (Å²) in [5, 5.41) is 8.67. The molecule has 4 nitrogen and oxygen atoms in total. The van der Waals surface area contributed by atoms with Crippen molar-refractivity contribution >= 4 is 5.91 Å². The number of hydrogen-bond acceptors (Lipinski definition) is 3. The van der Waals surface area contributed by atoms with Gasteiger partial charge in [-0.1, -0.05) is 12.1 Å². The zero-order chi connectivity index (χ0) is 15.8. The first kappa shape index (κ1) is 15.7. The monoisotopic (exact) mass is 293 g/mol. The predicted octanol–water partition coefficient (Wildman–Crippen LogP) is 2.85. The fourth-order valence-electron chi connectivity index (χ4n) is 2.26. The fourth-order valence-corrected chi connectivity index (χ4v) is 2.26. The maximum absolute atomic E-state index is 12.5. The van der Waals surface area contributed by atoms with Crippen molar-refractivity contribution in [1.82, 2.24) is 9.88 Å². The van der Waals surface area contributed by atoms with Crippen molar-refractivity contribution in [2.45, 2.75) is 19.8 Å². The topological polar surface area (TPSA) is 57.0 Å². The fraction of sp³-hybridized carbons (Fsp3) is 0.278. The van der Waals surface area contributed by atoms with Crippen molar-refractivity contribution in [1.29, 1.82) is 5.26 Å². The molecule has 0 aliphatic heterocycles. The minimum atomic E-state index is 0.0278. The summed E-state index contributed by atoms with van der Waals surface area (Å²) < 4.78 is 0. The van der Waals surface area contributed by atoms with Gasteiger partial charge in [-0.3, -0.25) is 9.78 Å². The highest BCUT2D eigenvalue weighted by molar-refractivity contribution is 5.94. The number of carbonyl (C=O) groups is 1. The van der Waals surface area contributed by atoms with Crippen LogP contribution in [-0.4, -0.2) is 28.9 Å². The van der Waals surface area contributed by atoms with E-state index in [0.29, 0.717) is 25.1 Å². The van der Waals surface area contributed by atoms with Gasteiger partial charge in [0.15, 0.2) is 0 Å². The van der Waals surface area contributed by atoms with Gasteiger partial charge >= 0.3 is 0 Å². The zero-order valence-electron chi connectivity index (χ0n) is 12.7. The molecular formula is C18H19N3O. The Labute approximate surface area is 131 Å². The van der Waals surface area contributed by atoms with Crippen LogP contribution < -0.4 is 0 Å². The van der Waals surface area contributed by atoms with Crippen molar-refractivity contribution in [3.05, 3.63) is 65.5 Å². The molecule has 4 heteroatoms. The summed E-state index contributed by atoms with van der Waals surface area (Å²) >= 11 is 0. The Morgan fingerprint density at radius 1 is 1.14 bits per heavy atom. The van der Waals surface area contributed by atoms with Crippen LogP contribution in [0.3, 0.4) is 0 Å². The van der Waals surface area contributed by atoms with E-state index >= 15 is 0 Å². The number of benzene rings is 1. The Bertz CT molecular complexity index is 644. The lowest BCUT2D eigenvalue weighted by molar-refractivity contribution is 0.0766. The van der Waals surface area contributed by atoms with Gasteiger partial charge in [0.25, 0.3) is 5.91 Å². The summed E-state index contributed by atoms with van der Waals surface area (Å²) in [5.41, 5.74) is 2.77. The molecule has 1 aromatic heterocycles. The second-order valence-electron chi connectivity index (χ2n) is 5.02. The normalized spacial score (nSPS) is 10.0. The van der Waals surface area contributed by atoms with Gasteiger partial charge in [0.05, 0.1) is 12.5 Å². The van der Waals surface area contributed by atoms with Gasteiger partial charge in [-0.05, 0) is 48.7 Å². The number of carbonyl (C=O) groups excluding carboxylic acids is 1. The highest BCUT2D eigenvalue weighted by Gasteiger charge is 2.13. The lowest BCUT2D eigenvalue weighted by Crippen LogP contribution is -2.32. The van der Waals surface area contributed by atoms with Gasteiger partial charge in [0, 0.05) is 31.0 Å². The highest BCUT2D eigenvalue weighted by Crippen LogP contribution is 2.09. The van der Waals surface area contributed by atoms with Crippen LogP contribution in [0.4, 0.5) is 0 Å². The van der Waals surface area contributed by atoms with Crippen LogP contribution in [0.1, 0.15) is 28.4 Å². The van der Waals surface area contributed by atoms with Crippen LogP contribution in [0, 0.1) is 11.3 Å². The molecule has 0 atom stereocenters. The third-order valence-electron chi connectivity index (χ3n) is 3.57. The van der Waals surface area contributed by atoms with Crippen molar-refractivity contribution in [3.63, 3.8) is 0 Å². The Hall–Kier alpha value is -2.67. The van der Waals surface area contributed by atoms with E-state index in [4.69, 9.17) is 5.26 Å². The van der Waals surface area contributed by atoms with Crippen molar-refractivity contribution < 1.29 is 4.79 Å². The molecule has 0 unspecified atom stereocenters. The number of likely N-dealkylation sites (N-methyl/N-ethyl adjacent to an activating group) is 1. The molecule has 1 amide bonds. The number of aromatic nitrogens is 1. The standard InChI is InChI=1S/C18H19N3O/c1-2-21(14-10-16-8-12-20-13-9-16)18(22)17-5-3-15(4-6-17)7-11-19/h3-6,8-9,12-13H,2,7,10,14H2,1H3. The average molecular weight is 293 g/mol. The molecule has 0 spiro atoms. The quantitative estimate of drug-likeness (QED) is 0.823. The summed E-state index contributed by atoms with van der Waals surface area (Å²) in [6.45, 7) is 3.33. The molecule has 0 fully saturated rings. The number of pyridine rings is 1. The van der Waals surface area contributed by atoms with E-state index in [1.807, 2.05) is 36.1 Å². The van der Waals surface area contributed by atoms with Crippen LogP contribution in [0.25, 0.3) is 0 Å². The molecule has 112 valence electrons. The van der Waals surface area contributed by atoms with Crippen LogP contribution >= 0.6 is 0 Å². The average Bonchev–Trinajstić information content (AvgIpc) is 2.57. The molecule has 0 radical (unpaired) electrons. The van der Waals surface area contributed by atoms with Crippen LogP contribution in [0.5, 0.6) is 0 Å². The minimum Gasteiger partial charge on any atom is -0.339 e. The van der Waals surface area contributed by atoms with E-state index in [2.05, 4.69) is 11.1 Å². The van der Waals surface area contributed by atoms with Crippen LogP contribution in [0.15, 0.2) is 48.8 Å². The second kappa shape index (κ2) is 7.94. The van der Waals surface area contributed by atoms with Crippen molar-refractivity contribution in [3.8, 4) is 6.07 Å². The lowest BCUT2D eigenvalue weighted by atomic mass is 10.1. The maximum atomic E-state index is 12.5. The molecule has 0 N–H and O–H groups in total. The van der Waals surface area contributed by atoms with Gasteiger partial charge in [-0.15, -0.1) is 0 Å². The molecule has 0 aliphatic rings. The summed E-state index contributed by atoms with van der Waals surface area (Å²) in [6, 6.07) is 13.3.